The first-order chi connectivity index (χ1) is 19.5. The molecular weight excluding hydrogens is 503 g/mol. The summed E-state index contributed by atoms with van der Waals surface area (Å²) >= 11 is 0. The molecule has 0 aliphatic rings. The number of halogens is 1. The maximum Gasteiger partial charge on any atom is 0.266 e. The molecule has 0 radical (unpaired) electrons. The molecule has 0 fully saturated rings. The molecule has 5 aromatic rings. The van der Waals surface area contributed by atoms with E-state index in [1.54, 1.807) is 36.1 Å². The number of hydrogen-bond donors (Lipinski definition) is 0. The number of nitrogens with zero attached hydrogens (tertiary/aromatic N) is 4. The highest BCUT2D eigenvalue weighted by Gasteiger charge is 2.27. The molecule has 198 valence electrons. The second-order valence-electron chi connectivity index (χ2n) is 9.52. The summed E-state index contributed by atoms with van der Waals surface area (Å²) < 4.78 is 15.2. The highest BCUT2D eigenvalue weighted by Crippen LogP contribution is 2.25. The molecule has 0 bridgehead atoms. The second kappa shape index (κ2) is 11.7. The number of carbonyl (C=O) groups excluding carboxylic acids is 1. The lowest BCUT2D eigenvalue weighted by atomic mass is 10.0. The minimum atomic E-state index is -0.646. The van der Waals surface area contributed by atoms with Gasteiger partial charge < -0.3 is 4.90 Å². The van der Waals surface area contributed by atoms with E-state index >= 15 is 0 Å². The summed E-state index contributed by atoms with van der Waals surface area (Å²) in [5, 5.41) is 9.74. The van der Waals surface area contributed by atoms with Crippen molar-refractivity contribution in [3.63, 3.8) is 0 Å². The Hall–Kier alpha value is -5.09. The van der Waals surface area contributed by atoms with E-state index in [0.717, 1.165) is 16.7 Å². The average molecular weight is 531 g/mol. The van der Waals surface area contributed by atoms with Crippen molar-refractivity contribution in [1.29, 1.82) is 5.26 Å². The van der Waals surface area contributed by atoms with E-state index in [4.69, 9.17) is 4.98 Å². The van der Waals surface area contributed by atoms with Crippen LogP contribution in [0.2, 0.25) is 0 Å². The minimum Gasteiger partial charge on any atom is -0.331 e. The topological polar surface area (TPSA) is 79.0 Å². The van der Waals surface area contributed by atoms with Crippen molar-refractivity contribution in [3.8, 4) is 22.9 Å². The van der Waals surface area contributed by atoms with Crippen molar-refractivity contribution in [2.75, 3.05) is 6.54 Å². The van der Waals surface area contributed by atoms with Crippen LogP contribution in [0.15, 0.2) is 108 Å². The van der Waals surface area contributed by atoms with Crippen LogP contribution < -0.4 is 5.56 Å². The fourth-order valence-electron chi connectivity index (χ4n) is 4.84. The third-order valence-corrected chi connectivity index (χ3v) is 6.93. The van der Waals surface area contributed by atoms with Gasteiger partial charge in [0.15, 0.2) is 0 Å². The Bertz CT molecular complexity index is 1740. The van der Waals surface area contributed by atoms with Crippen LogP contribution in [0.25, 0.3) is 27.7 Å². The van der Waals surface area contributed by atoms with Gasteiger partial charge in [0.2, 0.25) is 5.91 Å². The molecule has 1 unspecified atom stereocenters. The summed E-state index contributed by atoms with van der Waals surface area (Å²) in [6, 6.07) is 31.9. The fourth-order valence-corrected chi connectivity index (χ4v) is 4.84. The van der Waals surface area contributed by atoms with Crippen LogP contribution >= 0.6 is 0 Å². The van der Waals surface area contributed by atoms with Gasteiger partial charge in [0.05, 0.1) is 41.5 Å². The maximum atomic E-state index is 13.7. The lowest BCUT2D eigenvalue weighted by Crippen LogP contribution is -2.38. The van der Waals surface area contributed by atoms with Gasteiger partial charge in [-0.25, -0.2) is 9.37 Å². The first-order valence-corrected chi connectivity index (χ1v) is 13.0. The van der Waals surface area contributed by atoms with Crippen LogP contribution in [0, 0.1) is 17.1 Å². The van der Waals surface area contributed by atoms with E-state index in [-0.39, 0.29) is 30.9 Å². The van der Waals surface area contributed by atoms with Crippen molar-refractivity contribution < 1.29 is 9.18 Å². The van der Waals surface area contributed by atoms with Gasteiger partial charge >= 0.3 is 0 Å². The lowest BCUT2D eigenvalue weighted by molar-refractivity contribution is -0.132. The molecule has 1 aromatic heterocycles. The second-order valence-corrected chi connectivity index (χ2v) is 9.52. The number of amides is 1. The summed E-state index contributed by atoms with van der Waals surface area (Å²) in [7, 11) is 0. The quantitative estimate of drug-likeness (QED) is 0.238. The molecule has 0 spiro atoms. The van der Waals surface area contributed by atoms with Crippen molar-refractivity contribution in [2.24, 2.45) is 0 Å². The predicted molar refractivity (Wildman–Crippen MR) is 153 cm³/mol. The average Bonchev–Trinajstić information content (AvgIpc) is 2.98. The first-order valence-electron chi connectivity index (χ1n) is 13.0. The highest BCUT2D eigenvalue weighted by atomic mass is 19.1. The van der Waals surface area contributed by atoms with E-state index in [2.05, 4.69) is 6.07 Å². The van der Waals surface area contributed by atoms with Gasteiger partial charge in [-0.2, -0.15) is 5.26 Å². The number of benzene rings is 4. The zero-order chi connectivity index (χ0) is 28.1. The summed E-state index contributed by atoms with van der Waals surface area (Å²) in [6.07, 6.45) is 0.247. The fraction of sp³-hybridized carbons (Fsp3) is 0.152. The Kier molecular flexibility index (Phi) is 7.79. The van der Waals surface area contributed by atoms with Crippen molar-refractivity contribution >= 4 is 16.8 Å². The molecule has 6 nitrogen and oxygen atoms in total. The van der Waals surface area contributed by atoms with E-state index in [1.807, 2.05) is 54.6 Å². The van der Waals surface area contributed by atoms with Crippen LogP contribution in [0.1, 0.15) is 30.8 Å². The number of carbonyl (C=O) groups is 1. The summed E-state index contributed by atoms with van der Waals surface area (Å²) in [4.78, 5) is 33.7. The Morgan fingerprint density at radius 3 is 2.27 bits per heavy atom. The molecule has 40 heavy (non-hydrogen) atoms. The number of rotatable bonds is 8. The van der Waals surface area contributed by atoms with E-state index < -0.39 is 11.9 Å². The third-order valence-electron chi connectivity index (χ3n) is 6.93. The molecule has 5 rings (SSSR count). The number of aromatic nitrogens is 2. The normalized spacial score (nSPS) is 11.6. The molecule has 0 saturated carbocycles. The molecule has 7 heteroatoms. The van der Waals surface area contributed by atoms with Crippen molar-refractivity contribution in [3.05, 3.63) is 131 Å². The number of hydrogen-bond acceptors (Lipinski definition) is 4. The molecule has 1 atom stereocenters. The van der Waals surface area contributed by atoms with E-state index in [1.165, 1.54) is 28.8 Å². The number of fused-ring (bicyclic) bond motifs is 1. The summed E-state index contributed by atoms with van der Waals surface area (Å²) in [6.45, 7) is 1.97. The molecule has 4 aromatic carbocycles. The molecule has 1 heterocycles. The number of para-hydroxylation sites is 1. The van der Waals surface area contributed by atoms with Crippen molar-refractivity contribution in [2.45, 2.75) is 25.8 Å². The van der Waals surface area contributed by atoms with E-state index in [0.29, 0.717) is 22.4 Å². The Labute approximate surface area is 231 Å². The van der Waals surface area contributed by atoms with Crippen LogP contribution in [0.5, 0.6) is 0 Å². The number of nitriles is 1. The molecule has 0 saturated heterocycles. The molecule has 0 N–H and O–H groups in total. The van der Waals surface area contributed by atoms with Gasteiger partial charge in [0.25, 0.3) is 5.56 Å². The van der Waals surface area contributed by atoms with Gasteiger partial charge in [0.1, 0.15) is 11.6 Å². The Morgan fingerprint density at radius 2 is 1.57 bits per heavy atom. The van der Waals surface area contributed by atoms with Crippen molar-refractivity contribution in [1.82, 2.24) is 14.5 Å². The Balaban J connectivity index is 1.51. The molecule has 0 aliphatic carbocycles. The Morgan fingerprint density at radius 1 is 0.925 bits per heavy atom. The minimum absolute atomic E-state index is 0.122. The highest BCUT2D eigenvalue weighted by molar-refractivity contribution is 5.80. The van der Waals surface area contributed by atoms with Gasteiger partial charge in [-0.15, -0.1) is 0 Å². The van der Waals surface area contributed by atoms with Crippen LogP contribution in [-0.2, 0) is 11.2 Å². The third kappa shape index (κ3) is 5.52. The van der Waals surface area contributed by atoms with Gasteiger partial charge in [-0.1, -0.05) is 66.7 Å². The zero-order valence-electron chi connectivity index (χ0n) is 22.0. The summed E-state index contributed by atoms with van der Waals surface area (Å²) in [5.41, 5.74) is 3.60. The largest absolute Gasteiger partial charge is 0.331 e. The molecule has 1 amide bonds. The molecule has 0 aliphatic heterocycles. The summed E-state index contributed by atoms with van der Waals surface area (Å²) in [5.74, 6) is -0.284. The monoisotopic (exact) mass is 530 g/mol. The van der Waals surface area contributed by atoms with E-state index in [9.17, 15) is 19.2 Å². The zero-order valence-corrected chi connectivity index (χ0v) is 22.0. The smallest absolute Gasteiger partial charge is 0.266 e. The van der Waals surface area contributed by atoms with Crippen LogP contribution in [0.4, 0.5) is 4.39 Å². The maximum absolute atomic E-state index is 13.7. The van der Waals surface area contributed by atoms with Crippen LogP contribution in [0.3, 0.4) is 0 Å². The van der Waals surface area contributed by atoms with Crippen LogP contribution in [-0.4, -0.2) is 26.9 Å². The molecular formula is C33H27FN4O2. The standard InChI is InChI=1S/C33H27FN4O2/c1-23(32-36-30-11-6-5-10-29(30)33(40)38(32)28-18-16-27(34)17-19-28)37(21-7-20-35)31(39)22-24-12-14-26(15-13-24)25-8-3-2-4-9-25/h2-6,8-19,23H,7,21-22H2,1H3. The first kappa shape index (κ1) is 26.5. The SMILES string of the molecule is CC(c1nc2ccccc2c(=O)n1-c1ccc(F)cc1)N(CCC#N)C(=O)Cc1ccc(-c2ccccc2)cc1. The van der Waals surface area contributed by atoms with Gasteiger partial charge in [-0.3, -0.25) is 14.2 Å². The predicted octanol–water partition coefficient (Wildman–Crippen LogP) is 6.24. The van der Waals surface area contributed by atoms with Gasteiger partial charge in [0, 0.05) is 6.54 Å². The van der Waals surface area contributed by atoms with Gasteiger partial charge in [-0.05, 0) is 60.0 Å². The lowest BCUT2D eigenvalue weighted by Gasteiger charge is -2.30.